The molecule has 0 aliphatic carbocycles. The summed E-state index contributed by atoms with van der Waals surface area (Å²) in [5.41, 5.74) is 0. The SMILES string of the molecule is CNC(=O)NC(=O)C(C)OC1CNC1. The highest BCUT2D eigenvalue weighted by Gasteiger charge is 2.24. The Bertz CT molecular complexity index is 228. The van der Waals surface area contributed by atoms with Crippen LogP contribution in [0.1, 0.15) is 6.92 Å². The van der Waals surface area contributed by atoms with Gasteiger partial charge in [0, 0.05) is 20.1 Å². The van der Waals surface area contributed by atoms with Crippen LogP contribution in [-0.4, -0.2) is 44.3 Å². The van der Waals surface area contributed by atoms with Crippen LogP contribution in [0.25, 0.3) is 0 Å². The number of urea groups is 1. The van der Waals surface area contributed by atoms with Gasteiger partial charge in [0.25, 0.3) is 5.91 Å². The van der Waals surface area contributed by atoms with Crippen LogP contribution < -0.4 is 16.0 Å². The molecule has 6 heteroatoms. The van der Waals surface area contributed by atoms with Gasteiger partial charge in [-0.2, -0.15) is 0 Å². The van der Waals surface area contributed by atoms with Crippen LogP contribution in [0.5, 0.6) is 0 Å². The molecular formula is C8H15N3O3. The van der Waals surface area contributed by atoms with E-state index in [2.05, 4.69) is 16.0 Å². The number of hydrogen-bond donors (Lipinski definition) is 3. The van der Waals surface area contributed by atoms with Crippen molar-refractivity contribution < 1.29 is 14.3 Å². The van der Waals surface area contributed by atoms with E-state index in [0.29, 0.717) is 0 Å². The summed E-state index contributed by atoms with van der Waals surface area (Å²) in [6, 6.07) is -0.516. The van der Waals surface area contributed by atoms with Gasteiger partial charge in [0.15, 0.2) is 0 Å². The molecule has 0 aromatic rings. The number of nitrogens with one attached hydrogen (secondary N) is 3. The van der Waals surface area contributed by atoms with Crippen LogP contribution in [0.4, 0.5) is 4.79 Å². The number of hydrogen-bond acceptors (Lipinski definition) is 4. The van der Waals surface area contributed by atoms with Crippen molar-refractivity contribution >= 4 is 11.9 Å². The maximum Gasteiger partial charge on any atom is 0.321 e. The fourth-order valence-corrected chi connectivity index (χ4v) is 0.985. The standard InChI is InChI=1S/C8H15N3O3/c1-5(14-6-3-10-4-6)7(12)11-8(13)9-2/h5-6,10H,3-4H2,1-2H3,(H2,9,11,12,13). The van der Waals surface area contributed by atoms with E-state index in [1.165, 1.54) is 7.05 Å². The van der Waals surface area contributed by atoms with Crippen molar-refractivity contribution in [3.63, 3.8) is 0 Å². The minimum Gasteiger partial charge on any atom is -0.363 e. The topological polar surface area (TPSA) is 79.5 Å². The number of imide groups is 1. The molecule has 0 radical (unpaired) electrons. The average molecular weight is 201 g/mol. The third-order valence-corrected chi connectivity index (χ3v) is 1.97. The average Bonchev–Trinajstić information content (AvgIpc) is 2.10. The minimum absolute atomic E-state index is 0.0837. The zero-order valence-corrected chi connectivity index (χ0v) is 8.29. The molecule has 1 rings (SSSR count). The summed E-state index contributed by atoms with van der Waals surface area (Å²) in [5, 5.41) is 7.46. The predicted octanol–water partition coefficient (Wildman–Crippen LogP) is -1.18. The Hall–Kier alpha value is -1.14. The van der Waals surface area contributed by atoms with Gasteiger partial charge in [0.2, 0.25) is 0 Å². The van der Waals surface area contributed by atoms with E-state index in [-0.39, 0.29) is 6.10 Å². The Labute approximate surface area is 82.4 Å². The van der Waals surface area contributed by atoms with Gasteiger partial charge in [-0.25, -0.2) is 4.79 Å². The van der Waals surface area contributed by atoms with Crippen molar-refractivity contribution in [2.75, 3.05) is 20.1 Å². The monoisotopic (exact) mass is 201 g/mol. The van der Waals surface area contributed by atoms with Gasteiger partial charge in [-0.05, 0) is 6.92 Å². The highest BCUT2D eigenvalue weighted by molar-refractivity contribution is 5.96. The van der Waals surface area contributed by atoms with Crippen molar-refractivity contribution in [1.82, 2.24) is 16.0 Å². The first-order valence-corrected chi connectivity index (χ1v) is 4.52. The second-order valence-corrected chi connectivity index (χ2v) is 3.13. The Balaban J connectivity index is 2.24. The molecule has 3 N–H and O–H groups in total. The van der Waals surface area contributed by atoms with E-state index in [1.807, 2.05) is 0 Å². The first-order valence-electron chi connectivity index (χ1n) is 4.52. The van der Waals surface area contributed by atoms with Crippen LogP contribution in [0.15, 0.2) is 0 Å². The molecule has 0 aromatic heterocycles. The maximum absolute atomic E-state index is 11.3. The largest absolute Gasteiger partial charge is 0.363 e. The molecule has 1 heterocycles. The summed E-state index contributed by atoms with van der Waals surface area (Å²) in [7, 11) is 1.45. The summed E-state index contributed by atoms with van der Waals surface area (Å²) in [6.07, 6.45) is -0.514. The molecule has 1 fully saturated rings. The van der Waals surface area contributed by atoms with Crippen LogP contribution in [0, 0.1) is 0 Å². The van der Waals surface area contributed by atoms with Crippen molar-refractivity contribution in [3.05, 3.63) is 0 Å². The molecule has 1 atom stereocenters. The van der Waals surface area contributed by atoms with E-state index in [1.54, 1.807) is 6.92 Å². The van der Waals surface area contributed by atoms with Gasteiger partial charge >= 0.3 is 6.03 Å². The molecule has 0 saturated carbocycles. The third kappa shape index (κ3) is 2.97. The lowest BCUT2D eigenvalue weighted by Gasteiger charge is -2.29. The first kappa shape index (κ1) is 10.9. The van der Waals surface area contributed by atoms with Crippen LogP contribution in [0.3, 0.4) is 0 Å². The summed E-state index contributed by atoms with van der Waals surface area (Å²) in [6.45, 7) is 3.14. The van der Waals surface area contributed by atoms with Crippen molar-refractivity contribution in [2.24, 2.45) is 0 Å². The van der Waals surface area contributed by atoms with Gasteiger partial charge in [-0.15, -0.1) is 0 Å². The Morgan fingerprint density at radius 3 is 2.57 bits per heavy atom. The zero-order chi connectivity index (χ0) is 10.6. The molecule has 80 valence electrons. The predicted molar refractivity (Wildman–Crippen MR) is 49.8 cm³/mol. The van der Waals surface area contributed by atoms with E-state index < -0.39 is 18.0 Å². The van der Waals surface area contributed by atoms with Crippen LogP contribution >= 0.6 is 0 Å². The van der Waals surface area contributed by atoms with Crippen molar-refractivity contribution in [1.29, 1.82) is 0 Å². The maximum atomic E-state index is 11.3. The summed E-state index contributed by atoms with van der Waals surface area (Å²) in [4.78, 5) is 22.1. The second-order valence-electron chi connectivity index (χ2n) is 3.13. The lowest BCUT2D eigenvalue weighted by molar-refractivity contribution is -0.135. The fourth-order valence-electron chi connectivity index (χ4n) is 0.985. The molecular weight excluding hydrogens is 186 g/mol. The normalized spacial score (nSPS) is 18.1. The van der Waals surface area contributed by atoms with E-state index in [9.17, 15) is 9.59 Å². The highest BCUT2D eigenvalue weighted by Crippen LogP contribution is 2.02. The van der Waals surface area contributed by atoms with Gasteiger partial charge < -0.3 is 15.4 Å². The minimum atomic E-state index is -0.598. The summed E-state index contributed by atoms with van der Waals surface area (Å²) in [5.74, 6) is -0.420. The first-order chi connectivity index (χ1) is 6.63. The lowest BCUT2D eigenvalue weighted by Crippen LogP contribution is -2.52. The van der Waals surface area contributed by atoms with Crippen LogP contribution in [0.2, 0.25) is 0 Å². The Morgan fingerprint density at radius 2 is 2.14 bits per heavy atom. The molecule has 1 unspecified atom stereocenters. The highest BCUT2D eigenvalue weighted by atomic mass is 16.5. The molecule has 0 aromatic carbocycles. The Morgan fingerprint density at radius 1 is 1.50 bits per heavy atom. The van der Waals surface area contributed by atoms with E-state index >= 15 is 0 Å². The summed E-state index contributed by atoms with van der Waals surface area (Å²) >= 11 is 0. The number of ether oxygens (including phenoxy) is 1. The van der Waals surface area contributed by atoms with E-state index in [4.69, 9.17) is 4.74 Å². The molecule has 1 aliphatic rings. The van der Waals surface area contributed by atoms with Crippen LogP contribution in [-0.2, 0) is 9.53 Å². The van der Waals surface area contributed by atoms with Gasteiger partial charge in [0.1, 0.15) is 6.10 Å². The lowest BCUT2D eigenvalue weighted by atomic mass is 10.2. The quantitative estimate of drug-likeness (QED) is 0.537. The number of amides is 3. The molecule has 0 bridgehead atoms. The molecule has 14 heavy (non-hydrogen) atoms. The molecule has 3 amide bonds. The molecule has 0 spiro atoms. The van der Waals surface area contributed by atoms with Gasteiger partial charge in [-0.3, -0.25) is 10.1 Å². The van der Waals surface area contributed by atoms with Crippen molar-refractivity contribution in [2.45, 2.75) is 19.1 Å². The van der Waals surface area contributed by atoms with E-state index in [0.717, 1.165) is 13.1 Å². The molecule has 6 nitrogen and oxygen atoms in total. The molecule has 1 aliphatic heterocycles. The van der Waals surface area contributed by atoms with Gasteiger partial charge in [0.05, 0.1) is 6.10 Å². The Kier molecular flexibility index (Phi) is 3.84. The fraction of sp³-hybridized carbons (Fsp3) is 0.750. The summed E-state index contributed by atoms with van der Waals surface area (Å²) < 4.78 is 5.34. The molecule has 1 saturated heterocycles. The third-order valence-electron chi connectivity index (χ3n) is 1.97. The van der Waals surface area contributed by atoms with Crippen molar-refractivity contribution in [3.8, 4) is 0 Å². The second kappa shape index (κ2) is 4.92. The number of carbonyl (C=O) groups is 2. The number of carbonyl (C=O) groups excluding carboxylic acids is 2. The zero-order valence-electron chi connectivity index (χ0n) is 8.29. The van der Waals surface area contributed by atoms with Gasteiger partial charge in [-0.1, -0.05) is 0 Å². The number of rotatable bonds is 3. The smallest absolute Gasteiger partial charge is 0.321 e.